The number of hydrogen-bond donors (Lipinski definition) is 1. The molecule has 18 heavy (non-hydrogen) atoms. The van der Waals surface area contributed by atoms with Crippen LogP contribution in [-0.2, 0) is 13.2 Å². The van der Waals surface area contributed by atoms with Crippen molar-refractivity contribution < 1.29 is 9.84 Å². The molecule has 0 fully saturated rings. The summed E-state index contributed by atoms with van der Waals surface area (Å²) in [6.07, 6.45) is 3.75. The Kier molecular flexibility index (Phi) is 4.23. The molecule has 0 aliphatic heterocycles. The monoisotopic (exact) mass is 266 g/mol. The molecular formula is C13H15ClN2O2. The van der Waals surface area contributed by atoms with Crippen molar-refractivity contribution in [1.82, 2.24) is 9.78 Å². The van der Waals surface area contributed by atoms with Gasteiger partial charge in [0.1, 0.15) is 12.4 Å². The standard InChI is InChI=1S/C13H15ClN2O2/c1-10-7-15-16(8-10)5-6-18-13-11(9-17)3-2-4-12(13)14/h2-4,7-8,17H,5-6,9H2,1H3. The maximum absolute atomic E-state index is 9.21. The van der Waals surface area contributed by atoms with Crippen molar-refractivity contribution in [2.45, 2.75) is 20.1 Å². The van der Waals surface area contributed by atoms with E-state index in [-0.39, 0.29) is 6.61 Å². The van der Waals surface area contributed by atoms with Gasteiger partial charge in [-0.2, -0.15) is 5.10 Å². The maximum atomic E-state index is 9.21. The van der Waals surface area contributed by atoms with Gasteiger partial charge in [0.15, 0.2) is 0 Å². The zero-order valence-corrected chi connectivity index (χ0v) is 10.9. The molecule has 0 saturated carbocycles. The third-order valence-corrected chi connectivity index (χ3v) is 2.85. The molecule has 1 heterocycles. The number of nitrogens with zero attached hydrogens (tertiary/aromatic N) is 2. The van der Waals surface area contributed by atoms with E-state index in [1.807, 2.05) is 17.8 Å². The van der Waals surface area contributed by atoms with Crippen molar-refractivity contribution in [3.05, 3.63) is 46.7 Å². The van der Waals surface area contributed by atoms with Crippen LogP contribution in [0, 0.1) is 6.92 Å². The number of halogens is 1. The third-order valence-electron chi connectivity index (χ3n) is 2.55. The summed E-state index contributed by atoms with van der Waals surface area (Å²) in [5.41, 5.74) is 1.81. The highest BCUT2D eigenvalue weighted by Crippen LogP contribution is 2.28. The number of hydrogen-bond acceptors (Lipinski definition) is 3. The van der Waals surface area contributed by atoms with Gasteiger partial charge < -0.3 is 9.84 Å². The predicted molar refractivity (Wildman–Crippen MR) is 69.8 cm³/mol. The first-order valence-electron chi connectivity index (χ1n) is 5.71. The summed E-state index contributed by atoms with van der Waals surface area (Å²) in [6.45, 7) is 3.00. The van der Waals surface area contributed by atoms with Gasteiger partial charge in [-0.25, -0.2) is 0 Å². The van der Waals surface area contributed by atoms with Gasteiger partial charge in [-0.1, -0.05) is 23.7 Å². The van der Waals surface area contributed by atoms with E-state index in [1.54, 1.807) is 24.4 Å². The molecule has 0 amide bonds. The summed E-state index contributed by atoms with van der Waals surface area (Å²) in [7, 11) is 0. The van der Waals surface area contributed by atoms with Gasteiger partial charge in [0.05, 0.1) is 24.4 Å². The number of ether oxygens (including phenoxy) is 1. The quantitative estimate of drug-likeness (QED) is 0.904. The molecular weight excluding hydrogens is 252 g/mol. The molecule has 1 aromatic heterocycles. The van der Waals surface area contributed by atoms with Gasteiger partial charge in [-0.15, -0.1) is 0 Å². The second-order valence-corrected chi connectivity index (χ2v) is 4.42. The van der Waals surface area contributed by atoms with Gasteiger partial charge in [0.25, 0.3) is 0 Å². The van der Waals surface area contributed by atoms with E-state index in [0.29, 0.717) is 29.5 Å². The molecule has 0 aliphatic rings. The van der Waals surface area contributed by atoms with Crippen LogP contribution in [-0.4, -0.2) is 21.5 Å². The van der Waals surface area contributed by atoms with Crippen molar-refractivity contribution >= 4 is 11.6 Å². The van der Waals surface area contributed by atoms with Crippen molar-refractivity contribution in [1.29, 1.82) is 0 Å². The highest BCUT2D eigenvalue weighted by molar-refractivity contribution is 6.32. The van der Waals surface area contributed by atoms with E-state index in [2.05, 4.69) is 5.10 Å². The number of benzene rings is 1. The lowest BCUT2D eigenvalue weighted by molar-refractivity contribution is 0.256. The van der Waals surface area contributed by atoms with Crippen LogP contribution in [0.2, 0.25) is 5.02 Å². The summed E-state index contributed by atoms with van der Waals surface area (Å²) >= 11 is 6.04. The minimum atomic E-state index is -0.0865. The zero-order chi connectivity index (χ0) is 13.0. The second-order valence-electron chi connectivity index (χ2n) is 4.02. The molecule has 1 aromatic carbocycles. The molecule has 4 nitrogen and oxygen atoms in total. The first-order chi connectivity index (χ1) is 8.70. The minimum absolute atomic E-state index is 0.0865. The molecule has 0 saturated heterocycles. The average Bonchev–Trinajstić information content (AvgIpc) is 2.77. The molecule has 0 aliphatic carbocycles. The van der Waals surface area contributed by atoms with E-state index in [4.69, 9.17) is 16.3 Å². The largest absolute Gasteiger partial charge is 0.490 e. The molecule has 96 valence electrons. The summed E-state index contributed by atoms with van der Waals surface area (Å²) in [4.78, 5) is 0. The van der Waals surface area contributed by atoms with Crippen LogP contribution in [0.1, 0.15) is 11.1 Å². The highest BCUT2D eigenvalue weighted by Gasteiger charge is 2.07. The summed E-state index contributed by atoms with van der Waals surface area (Å²) in [5, 5.41) is 13.9. The topological polar surface area (TPSA) is 47.3 Å². The fourth-order valence-electron chi connectivity index (χ4n) is 1.67. The van der Waals surface area contributed by atoms with E-state index in [0.717, 1.165) is 5.56 Å². The highest BCUT2D eigenvalue weighted by atomic mass is 35.5. The number of aliphatic hydroxyl groups excluding tert-OH is 1. The first kappa shape index (κ1) is 12.9. The lowest BCUT2D eigenvalue weighted by atomic mass is 10.2. The van der Waals surface area contributed by atoms with Gasteiger partial charge in [-0.05, 0) is 18.6 Å². The van der Waals surface area contributed by atoms with Crippen LogP contribution >= 0.6 is 11.6 Å². The number of aromatic nitrogens is 2. The molecule has 0 spiro atoms. The normalized spacial score (nSPS) is 10.6. The summed E-state index contributed by atoms with van der Waals surface area (Å²) in [6, 6.07) is 5.32. The van der Waals surface area contributed by atoms with E-state index >= 15 is 0 Å². The Bertz CT molecular complexity index is 525. The van der Waals surface area contributed by atoms with E-state index in [9.17, 15) is 5.11 Å². The van der Waals surface area contributed by atoms with E-state index in [1.165, 1.54) is 0 Å². The second kappa shape index (κ2) is 5.89. The Balaban J connectivity index is 1.98. The van der Waals surface area contributed by atoms with Gasteiger partial charge >= 0.3 is 0 Å². The summed E-state index contributed by atoms with van der Waals surface area (Å²) in [5.74, 6) is 0.547. The maximum Gasteiger partial charge on any atom is 0.143 e. The number of aliphatic hydroxyl groups is 1. The van der Waals surface area contributed by atoms with Gasteiger partial charge in [0, 0.05) is 11.8 Å². The van der Waals surface area contributed by atoms with Gasteiger partial charge in [0.2, 0.25) is 0 Å². The Morgan fingerprint density at radius 3 is 2.94 bits per heavy atom. The van der Waals surface area contributed by atoms with Crippen LogP contribution in [0.5, 0.6) is 5.75 Å². The molecule has 2 aromatic rings. The molecule has 0 bridgehead atoms. The fraction of sp³-hybridized carbons (Fsp3) is 0.308. The lowest BCUT2D eigenvalue weighted by Gasteiger charge is -2.11. The number of aryl methyl sites for hydroxylation is 1. The van der Waals surface area contributed by atoms with Crippen LogP contribution < -0.4 is 4.74 Å². The molecule has 5 heteroatoms. The smallest absolute Gasteiger partial charge is 0.143 e. The van der Waals surface area contributed by atoms with Gasteiger partial charge in [-0.3, -0.25) is 4.68 Å². The van der Waals surface area contributed by atoms with Crippen LogP contribution in [0.4, 0.5) is 0 Å². The predicted octanol–water partition coefficient (Wildman–Crippen LogP) is 2.42. The van der Waals surface area contributed by atoms with Crippen LogP contribution in [0.15, 0.2) is 30.6 Å². The number of rotatable bonds is 5. The first-order valence-corrected chi connectivity index (χ1v) is 6.08. The zero-order valence-electron chi connectivity index (χ0n) is 10.1. The molecule has 1 N–H and O–H groups in total. The Morgan fingerprint density at radius 2 is 2.28 bits per heavy atom. The molecule has 0 unspecified atom stereocenters. The number of para-hydroxylation sites is 1. The fourth-order valence-corrected chi connectivity index (χ4v) is 1.92. The van der Waals surface area contributed by atoms with Crippen LogP contribution in [0.3, 0.4) is 0 Å². The molecule has 0 atom stereocenters. The molecule has 2 rings (SSSR count). The molecule has 0 radical (unpaired) electrons. The van der Waals surface area contributed by atoms with Crippen molar-refractivity contribution in [2.75, 3.05) is 6.61 Å². The third kappa shape index (κ3) is 3.03. The summed E-state index contributed by atoms with van der Waals surface area (Å²) < 4.78 is 7.43. The average molecular weight is 267 g/mol. The lowest BCUT2D eigenvalue weighted by Crippen LogP contribution is -2.09. The van der Waals surface area contributed by atoms with E-state index < -0.39 is 0 Å². The Morgan fingerprint density at radius 1 is 1.44 bits per heavy atom. The van der Waals surface area contributed by atoms with Crippen LogP contribution in [0.25, 0.3) is 0 Å². The van der Waals surface area contributed by atoms with Crippen molar-refractivity contribution in [2.24, 2.45) is 0 Å². The van der Waals surface area contributed by atoms with Crippen molar-refractivity contribution in [3.8, 4) is 5.75 Å². The van der Waals surface area contributed by atoms with Crippen molar-refractivity contribution in [3.63, 3.8) is 0 Å². The SMILES string of the molecule is Cc1cnn(CCOc2c(Cl)cccc2CO)c1. The Hall–Kier alpha value is -1.52. The minimum Gasteiger partial charge on any atom is -0.490 e. The Labute approximate surface area is 111 Å².